The first-order valence-corrected chi connectivity index (χ1v) is 10.6. The van der Waals surface area contributed by atoms with Crippen LogP contribution in [0.15, 0.2) is 42.5 Å². The molecule has 0 amide bonds. The van der Waals surface area contributed by atoms with Gasteiger partial charge in [-0.15, -0.1) is 0 Å². The maximum Gasteiger partial charge on any atom is 0.154 e. The molecule has 2 aliphatic rings. The summed E-state index contributed by atoms with van der Waals surface area (Å²) < 4.78 is 0. The summed E-state index contributed by atoms with van der Waals surface area (Å²) in [4.78, 5) is 27.1. The lowest BCUT2D eigenvalue weighted by molar-refractivity contribution is -0.149. The van der Waals surface area contributed by atoms with Gasteiger partial charge in [0.1, 0.15) is 5.92 Å². The summed E-state index contributed by atoms with van der Waals surface area (Å²) in [6.07, 6.45) is 2.44. The van der Waals surface area contributed by atoms with Gasteiger partial charge in [0.2, 0.25) is 0 Å². The zero-order valence-electron chi connectivity index (χ0n) is 17.0. The molecule has 28 heavy (non-hydrogen) atoms. The molecule has 0 spiro atoms. The highest BCUT2D eigenvalue weighted by Crippen LogP contribution is 2.62. The zero-order valence-corrected chi connectivity index (χ0v) is 17.8. The fraction of sp³-hybridized carbons (Fsp3) is 0.440. The van der Waals surface area contributed by atoms with Gasteiger partial charge in [-0.05, 0) is 65.1 Å². The second-order valence-electron chi connectivity index (χ2n) is 9.12. The lowest BCUT2D eigenvalue weighted by Gasteiger charge is -2.46. The van der Waals surface area contributed by atoms with Crippen molar-refractivity contribution in [3.8, 4) is 11.1 Å². The maximum atomic E-state index is 13.7. The number of benzene rings is 2. The van der Waals surface area contributed by atoms with Crippen molar-refractivity contribution in [3.63, 3.8) is 0 Å². The van der Waals surface area contributed by atoms with Crippen molar-refractivity contribution in [1.29, 1.82) is 0 Å². The molecule has 2 aliphatic carbocycles. The molecule has 3 heteroatoms. The largest absolute Gasteiger partial charge is 0.298 e. The first-order chi connectivity index (χ1) is 13.2. The van der Waals surface area contributed by atoms with E-state index in [1.54, 1.807) is 0 Å². The Labute approximate surface area is 172 Å². The third-order valence-corrected chi connectivity index (χ3v) is 7.93. The Kier molecular flexibility index (Phi) is 4.54. The summed E-state index contributed by atoms with van der Waals surface area (Å²) in [7, 11) is 0. The van der Waals surface area contributed by atoms with Crippen molar-refractivity contribution in [3.05, 3.63) is 58.6 Å². The van der Waals surface area contributed by atoms with Gasteiger partial charge in [-0.2, -0.15) is 0 Å². The molecule has 0 aliphatic heterocycles. The summed E-state index contributed by atoms with van der Waals surface area (Å²) >= 11 is 6.03. The highest BCUT2D eigenvalue weighted by molar-refractivity contribution is 6.30. The normalized spacial score (nSPS) is 28.6. The number of halogens is 1. The Bertz CT molecular complexity index is 957. The Balaban J connectivity index is 1.84. The van der Waals surface area contributed by atoms with Gasteiger partial charge in [0.25, 0.3) is 0 Å². The Morgan fingerprint density at radius 2 is 1.64 bits per heavy atom. The van der Waals surface area contributed by atoms with Crippen LogP contribution in [0.1, 0.15) is 57.6 Å². The van der Waals surface area contributed by atoms with E-state index < -0.39 is 11.3 Å². The molecule has 0 heterocycles. The van der Waals surface area contributed by atoms with Crippen molar-refractivity contribution in [2.24, 2.45) is 16.7 Å². The molecular weight excluding hydrogens is 368 g/mol. The molecule has 0 N–H and O–H groups in total. The van der Waals surface area contributed by atoms with Crippen LogP contribution in [-0.4, -0.2) is 11.6 Å². The van der Waals surface area contributed by atoms with Gasteiger partial charge in [0.05, 0.1) is 0 Å². The minimum Gasteiger partial charge on any atom is -0.298 e. The number of carbonyl (C=O) groups excluding carboxylic acids is 2. The molecule has 2 aromatic rings. The lowest BCUT2D eigenvalue weighted by atomic mass is 9.54. The Morgan fingerprint density at radius 3 is 2.29 bits per heavy atom. The van der Waals surface area contributed by atoms with E-state index >= 15 is 0 Å². The summed E-state index contributed by atoms with van der Waals surface area (Å²) in [5.74, 6) is -0.441. The Morgan fingerprint density at radius 1 is 1.00 bits per heavy atom. The predicted octanol–water partition coefficient (Wildman–Crippen LogP) is 6.25. The maximum absolute atomic E-state index is 13.7. The van der Waals surface area contributed by atoms with Crippen LogP contribution < -0.4 is 0 Å². The molecule has 146 valence electrons. The number of ketones is 2. The number of rotatable bonds is 3. The smallest absolute Gasteiger partial charge is 0.154 e. The van der Waals surface area contributed by atoms with Crippen molar-refractivity contribution in [2.75, 3.05) is 0 Å². The van der Waals surface area contributed by atoms with E-state index in [2.05, 4.69) is 45.9 Å². The number of carbonyl (C=O) groups is 2. The first kappa shape index (κ1) is 19.4. The molecule has 2 aromatic carbocycles. The molecule has 3 atom stereocenters. The Hall–Kier alpha value is -1.93. The van der Waals surface area contributed by atoms with Crippen LogP contribution in [-0.2, 0) is 16.0 Å². The number of hydrogen-bond acceptors (Lipinski definition) is 2. The SMILES string of the molecule is CCc1ccc(-c2ccc(Cl)cc2)cc1C1C(=O)C2CCC(C)(C1=O)C2(C)C. The highest BCUT2D eigenvalue weighted by Gasteiger charge is 2.64. The van der Waals surface area contributed by atoms with Crippen molar-refractivity contribution in [2.45, 2.75) is 52.9 Å². The first-order valence-electron chi connectivity index (χ1n) is 10.2. The topological polar surface area (TPSA) is 34.1 Å². The van der Waals surface area contributed by atoms with Gasteiger partial charge in [-0.25, -0.2) is 0 Å². The molecular formula is C25H27ClO2. The van der Waals surface area contributed by atoms with E-state index in [1.165, 1.54) is 0 Å². The molecule has 0 saturated heterocycles. The molecule has 0 aromatic heterocycles. The van der Waals surface area contributed by atoms with E-state index in [0.29, 0.717) is 5.02 Å². The number of fused-ring (bicyclic) bond motifs is 2. The van der Waals surface area contributed by atoms with Gasteiger partial charge >= 0.3 is 0 Å². The molecule has 2 saturated carbocycles. The second kappa shape index (κ2) is 6.56. The minimum absolute atomic E-state index is 0.0379. The van der Waals surface area contributed by atoms with Crippen LogP contribution >= 0.6 is 11.6 Å². The average Bonchev–Trinajstić information content (AvgIpc) is 2.85. The molecule has 2 fully saturated rings. The fourth-order valence-corrected chi connectivity index (χ4v) is 5.52. The number of hydrogen-bond donors (Lipinski definition) is 0. The minimum atomic E-state index is -0.632. The number of aryl methyl sites for hydroxylation is 1. The molecule has 3 unspecified atom stereocenters. The van der Waals surface area contributed by atoms with Crippen LogP contribution in [0.5, 0.6) is 0 Å². The van der Waals surface area contributed by atoms with E-state index in [0.717, 1.165) is 41.5 Å². The van der Waals surface area contributed by atoms with Crippen LogP contribution in [0, 0.1) is 16.7 Å². The van der Waals surface area contributed by atoms with Crippen LogP contribution in [0.3, 0.4) is 0 Å². The van der Waals surface area contributed by atoms with Crippen molar-refractivity contribution >= 4 is 23.2 Å². The van der Waals surface area contributed by atoms with Crippen LogP contribution in [0.25, 0.3) is 11.1 Å². The van der Waals surface area contributed by atoms with Crippen LogP contribution in [0.2, 0.25) is 5.02 Å². The second-order valence-corrected chi connectivity index (χ2v) is 9.56. The standard InChI is InChI=1S/C25H27ClO2/c1-5-15-6-7-17(16-8-10-18(26)11-9-16)14-19(15)21-22(27)20-12-13-25(4,23(21)28)24(20,2)3/h6-11,14,20-21H,5,12-13H2,1-4H3. The fourth-order valence-electron chi connectivity index (χ4n) is 5.39. The highest BCUT2D eigenvalue weighted by atomic mass is 35.5. The summed E-state index contributed by atoms with van der Waals surface area (Å²) in [6.45, 7) is 8.35. The summed E-state index contributed by atoms with van der Waals surface area (Å²) in [6, 6.07) is 13.9. The van der Waals surface area contributed by atoms with E-state index in [4.69, 9.17) is 11.6 Å². The summed E-state index contributed by atoms with van der Waals surface area (Å²) in [5, 5.41) is 0.693. The van der Waals surface area contributed by atoms with Gasteiger partial charge in [-0.1, -0.05) is 63.6 Å². The quantitative estimate of drug-likeness (QED) is 0.577. The van der Waals surface area contributed by atoms with E-state index in [9.17, 15) is 9.59 Å². The van der Waals surface area contributed by atoms with Gasteiger partial charge in [-0.3, -0.25) is 9.59 Å². The molecule has 0 radical (unpaired) electrons. The third kappa shape index (κ3) is 2.61. The predicted molar refractivity (Wildman–Crippen MR) is 114 cm³/mol. The van der Waals surface area contributed by atoms with Gasteiger partial charge in [0, 0.05) is 16.4 Å². The van der Waals surface area contributed by atoms with E-state index in [-0.39, 0.29) is 22.9 Å². The zero-order chi connectivity index (χ0) is 20.3. The van der Waals surface area contributed by atoms with Crippen LogP contribution in [0.4, 0.5) is 0 Å². The van der Waals surface area contributed by atoms with Crippen molar-refractivity contribution in [1.82, 2.24) is 0 Å². The molecule has 4 rings (SSSR count). The number of Topliss-reactive ketones (excluding diaryl/α,β-unsaturated/α-hetero) is 2. The molecule has 2 nitrogen and oxygen atoms in total. The van der Waals surface area contributed by atoms with Crippen molar-refractivity contribution < 1.29 is 9.59 Å². The lowest BCUT2D eigenvalue weighted by Crippen LogP contribution is -2.52. The molecule has 2 bridgehead atoms. The van der Waals surface area contributed by atoms with Gasteiger partial charge in [0.15, 0.2) is 11.6 Å². The average molecular weight is 395 g/mol. The monoisotopic (exact) mass is 394 g/mol. The van der Waals surface area contributed by atoms with Gasteiger partial charge < -0.3 is 0 Å². The van der Waals surface area contributed by atoms with E-state index in [1.807, 2.05) is 24.3 Å². The third-order valence-electron chi connectivity index (χ3n) is 7.68. The summed E-state index contributed by atoms with van der Waals surface area (Å²) in [5.41, 5.74) is 3.35.